The topological polar surface area (TPSA) is 102 Å². The number of nitrogens with zero attached hydrogens (tertiary/aromatic N) is 3. The highest BCUT2D eigenvalue weighted by Crippen LogP contribution is 2.32. The highest BCUT2D eigenvalue weighted by atomic mass is 32.2. The number of aromatic nitrogens is 4. The second-order valence-electron chi connectivity index (χ2n) is 6.97. The van der Waals surface area contributed by atoms with Gasteiger partial charge < -0.3 is 9.51 Å². The lowest BCUT2D eigenvalue weighted by molar-refractivity contribution is 0.393. The van der Waals surface area contributed by atoms with Crippen molar-refractivity contribution in [2.45, 2.75) is 37.8 Å². The summed E-state index contributed by atoms with van der Waals surface area (Å²) in [6.07, 6.45) is 3.52. The SMILES string of the molecule is Cc1noc(C)c1-c1c[nH]c2ncc(-c3ccc(S(=O)(=O)C(C)C)cc3)nc12. The molecule has 0 aliphatic carbocycles. The number of rotatable bonds is 4. The highest BCUT2D eigenvalue weighted by Gasteiger charge is 2.20. The first kappa shape index (κ1) is 18.4. The second-order valence-corrected chi connectivity index (χ2v) is 9.48. The molecular formula is C20H20N4O3S. The van der Waals surface area contributed by atoms with E-state index in [-0.39, 0.29) is 0 Å². The van der Waals surface area contributed by atoms with Crippen molar-refractivity contribution in [3.8, 4) is 22.4 Å². The third kappa shape index (κ3) is 2.90. The lowest BCUT2D eigenvalue weighted by Crippen LogP contribution is -2.13. The average molecular weight is 396 g/mol. The summed E-state index contributed by atoms with van der Waals surface area (Å²) in [5.41, 5.74) is 5.39. The highest BCUT2D eigenvalue weighted by molar-refractivity contribution is 7.92. The zero-order chi connectivity index (χ0) is 20.1. The Bertz CT molecular complexity index is 1250. The van der Waals surface area contributed by atoms with Gasteiger partial charge in [-0.05, 0) is 39.8 Å². The minimum Gasteiger partial charge on any atom is -0.361 e. The zero-order valence-electron chi connectivity index (χ0n) is 16.0. The number of hydrogen-bond donors (Lipinski definition) is 1. The van der Waals surface area contributed by atoms with Crippen LogP contribution in [0.3, 0.4) is 0 Å². The van der Waals surface area contributed by atoms with Crippen LogP contribution < -0.4 is 0 Å². The summed E-state index contributed by atoms with van der Waals surface area (Å²) in [5, 5.41) is 3.55. The molecule has 0 spiro atoms. The van der Waals surface area contributed by atoms with Crippen LogP contribution in [0.5, 0.6) is 0 Å². The minimum atomic E-state index is -3.31. The molecule has 0 amide bonds. The molecule has 0 saturated heterocycles. The van der Waals surface area contributed by atoms with Gasteiger partial charge in [-0.1, -0.05) is 17.3 Å². The molecule has 1 aromatic carbocycles. The van der Waals surface area contributed by atoms with Gasteiger partial charge in [-0.25, -0.2) is 18.4 Å². The van der Waals surface area contributed by atoms with E-state index in [9.17, 15) is 8.42 Å². The first-order valence-corrected chi connectivity index (χ1v) is 10.5. The zero-order valence-corrected chi connectivity index (χ0v) is 16.8. The van der Waals surface area contributed by atoms with Crippen molar-refractivity contribution in [2.24, 2.45) is 0 Å². The summed E-state index contributed by atoms with van der Waals surface area (Å²) in [4.78, 5) is 12.7. The summed E-state index contributed by atoms with van der Waals surface area (Å²) in [6, 6.07) is 6.74. The number of H-pyrrole nitrogens is 1. The van der Waals surface area contributed by atoms with Gasteiger partial charge in [0.15, 0.2) is 15.5 Å². The molecule has 0 aliphatic heterocycles. The van der Waals surface area contributed by atoms with E-state index in [4.69, 9.17) is 9.51 Å². The van der Waals surface area contributed by atoms with E-state index in [1.807, 2.05) is 20.0 Å². The minimum absolute atomic E-state index is 0.304. The molecule has 8 heteroatoms. The average Bonchev–Trinajstić information content (AvgIpc) is 3.23. The molecule has 144 valence electrons. The third-order valence-electron chi connectivity index (χ3n) is 4.78. The fraction of sp³-hybridized carbons (Fsp3) is 0.250. The molecule has 1 N–H and O–H groups in total. The quantitative estimate of drug-likeness (QED) is 0.558. The van der Waals surface area contributed by atoms with E-state index in [2.05, 4.69) is 15.1 Å². The van der Waals surface area contributed by atoms with Crippen molar-refractivity contribution in [3.63, 3.8) is 0 Å². The van der Waals surface area contributed by atoms with Crippen molar-refractivity contribution in [1.29, 1.82) is 0 Å². The molecule has 0 radical (unpaired) electrons. The van der Waals surface area contributed by atoms with Crippen LogP contribution >= 0.6 is 0 Å². The molecule has 0 aliphatic rings. The molecule has 3 aromatic heterocycles. The number of aryl methyl sites for hydroxylation is 2. The van der Waals surface area contributed by atoms with Gasteiger partial charge in [0.25, 0.3) is 0 Å². The van der Waals surface area contributed by atoms with Crippen LogP contribution in [-0.4, -0.2) is 33.8 Å². The van der Waals surface area contributed by atoms with E-state index in [0.29, 0.717) is 27.5 Å². The fourth-order valence-corrected chi connectivity index (χ4v) is 4.24. The number of hydrogen-bond acceptors (Lipinski definition) is 6. The number of aromatic amines is 1. The van der Waals surface area contributed by atoms with E-state index < -0.39 is 15.1 Å². The van der Waals surface area contributed by atoms with Crippen molar-refractivity contribution >= 4 is 21.0 Å². The Kier molecular flexibility index (Phi) is 4.30. The Morgan fingerprint density at radius 3 is 2.43 bits per heavy atom. The maximum absolute atomic E-state index is 12.3. The van der Waals surface area contributed by atoms with Gasteiger partial charge in [0.2, 0.25) is 0 Å². The number of sulfone groups is 1. The lowest BCUT2D eigenvalue weighted by atomic mass is 10.1. The largest absolute Gasteiger partial charge is 0.361 e. The Balaban J connectivity index is 1.80. The smallest absolute Gasteiger partial charge is 0.180 e. The lowest BCUT2D eigenvalue weighted by Gasteiger charge is -2.08. The van der Waals surface area contributed by atoms with E-state index in [0.717, 1.165) is 22.4 Å². The van der Waals surface area contributed by atoms with Crippen LogP contribution in [0.15, 0.2) is 46.1 Å². The summed E-state index contributed by atoms with van der Waals surface area (Å²) < 4.78 is 29.9. The van der Waals surface area contributed by atoms with Gasteiger partial charge in [-0.15, -0.1) is 0 Å². The van der Waals surface area contributed by atoms with Crippen LogP contribution in [0.2, 0.25) is 0 Å². The normalized spacial score (nSPS) is 12.2. The Morgan fingerprint density at radius 2 is 1.82 bits per heavy atom. The molecular weight excluding hydrogens is 376 g/mol. The third-order valence-corrected chi connectivity index (χ3v) is 6.95. The Labute approximate surface area is 162 Å². The molecule has 0 unspecified atom stereocenters. The van der Waals surface area contributed by atoms with Crippen molar-refractivity contribution < 1.29 is 12.9 Å². The number of nitrogens with one attached hydrogen (secondary N) is 1. The van der Waals surface area contributed by atoms with Crippen molar-refractivity contribution in [2.75, 3.05) is 0 Å². The van der Waals surface area contributed by atoms with Crippen LogP contribution in [0.4, 0.5) is 0 Å². The fourth-order valence-electron chi connectivity index (χ4n) is 3.18. The molecule has 0 atom stereocenters. The monoisotopic (exact) mass is 396 g/mol. The summed E-state index contributed by atoms with van der Waals surface area (Å²) in [7, 11) is -3.31. The standard InChI is InChI=1S/C20H20N4O3S/c1-11(2)28(25,26)15-7-5-14(6-8-15)17-10-22-20-19(23-17)16(9-21-20)18-12(3)24-27-13(18)4/h5-11H,1-4H3,(H,21,22). The van der Waals surface area contributed by atoms with Gasteiger partial charge in [0.1, 0.15) is 11.3 Å². The first-order valence-electron chi connectivity index (χ1n) is 8.90. The van der Waals surface area contributed by atoms with Gasteiger partial charge >= 0.3 is 0 Å². The van der Waals surface area contributed by atoms with Crippen LogP contribution in [0.1, 0.15) is 25.3 Å². The molecule has 0 fully saturated rings. The Hall–Kier alpha value is -3.00. The van der Waals surface area contributed by atoms with Crippen LogP contribution in [-0.2, 0) is 9.84 Å². The maximum Gasteiger partial charge on any atom is 0.180 e. The predicted molar refractivity (Wildman–Crippen MR) is 107 cm³/mol. The number of fused-ring (bicyclic) bond motifs is 1. The molecule has 28 heavy (non-hydrogen) atoms. The molecule has 0 bridgehead atoms. The van der Waals surface area contributed by atoms with Gasteiger partial charge in [-0.3, -0.25) is 0 Å². The summed E-state index contributed by atoms with van der Waals surface area (Å²) in [6.45, 7) is 7.09. The molecule has 0 saturated carbocycles. The molecule has 4 aromatic rings. The van der Waals surface area contributed by atoms with Gasteiger partial charge in [0.05, 0.1) is 33.3 Å². The van der Waals surface area contributed by atoms with Crippen molar-refractivity contribution in [1.82, 2.24) is 20.1 Å². The second kappa shape index (κ2) is 6.56. The van der Waals surface area contributed by atoms with Gasteiger partial charge in [0, 0.05) is 17.3 Å². The molecule has 3 heterocycles. The molecule has 7 nitrogen and oxygen atoms in total. The number of benzene rings is 1. The van der Waals surface area contributed by atoms with Crippen LogP contribution in [0, 0.1) is 13.8 Å². The van der Waals surface area contributed by atoms with E-state index >= 15 is 0 Å². The van der Waals surface area contributed by atoms with Gasteiger partial charge in [-0.2, -0.15) is 0 Å². The van der Waals surface area contributed by atoms with Crippen molar-refractivity contribution in [3.05, 3.63) is 48.1 Å². The maximum atomic E-state index is 12.3. The first-order chi connectivity index (χ1) is 13.3. The molecule has 4 rings (SSSR count). The van der Waals surface area contributed by atoms with Crippen LogP contribution in [0.25, 0.3) is 33.5 Å². The van der Waals surface area contributed by atoms with E-state index in [1.165, 1.54) is 0 Å². The van der Waals surface area contributed by atoms with E-state index in [1.54, 1.807) is 44.3 Å². The predicted octanol–water partition coefficient (Wildman–Crippen LogP) is 4.08. The summed E-state index contributed by atoms with van der Waals surface area (Å²) in [5.74, 6) is 0.717. The Morgan fingerprint density at radius 1 is 1.11 bits per heavy atom. The summed E-state index contributed by atoms with van der Waals surface area (Å²) >= 11 is 0.